The van der Waals surface area contributed by atoms with E-state index in [2.05, 4.69) is 26.0 Å². The molecule has 0 bridgehead atoms. The summed E-state index contributed by atoms with van der Waals surface area (Å²) in [6.45, 7) is 0.386. The van der Waals surface area contributed by atoms with Crippen LogP contribution in [-0.4, -0.2) is 33.8 Å². The van der Waals surface area contributed by atoms with Gasteiger partial charge < -0.3 is 9.47 Å². The van der Waals surface area contributed by atoms with E-state index in [1.54, 1.807) is 23.0 Å². The van der Waals surface area contributed by atoms with Gasteiger partial charge >= 0.3 is 5.97 Å². The van der Waals surface area contributed by atoms with E-state index in [1.807, 2.05) is 36.4 Å². The Balaban J connectivity index is 1.41. The molecule has 0 N–H and O–H groups in total. The lowest BCUT2D eigenvalue weighted by molar-refractivity contribution is 0.0453. The monoisotopic (exact) mass is 411 g/mol. The van der Waals surface area contributed by atoms with Crippen LogP contribution in [-0.2, 0) is 4.74 Å². The molecule has 0 spiro atoms. The van der Waals surface area contributed by atoms with Crippen LogP contribution in [0.3, 0.4) is 0 Å². The summed E-state index contributed by atoms with van der Waals surface area (Å²) < 4.78 is 13.5. The molecule has 130 valence electrons. The van der Waals surface area contributed by atoms with Crippen LogP contribution in [0.2, 0.25) is 0 Å². The maximum atomic E-state index is 12.3. The Bertz CT molecular complexity index is 1090. The highest BCUT2D eigenvalue weighted by molar-refractivity contribution is 9.10. The minimum absolute atomic E-state index is 0.136. The lowest BCUT2D eigenvalue weighted by Gasteiger charge is -2.09. The minimum atomic E-state index is -0.435. The quantitative estimate of drug-likeness (QED) is 0.368. The molecular formula is C19H14BrN3O3. The summed E-state index contributed by atoms with van der Waals surface area (Å²) in [6.07, 6.45) is 4.97. The first kappa shape index (κ1) is 16.5. The standard InChI is InChI=1S/C19H14BrN3O3/c20-15-5-3-9-23-18(15)14(12-22-23)19(24)26-11-10-25-17-7-8-21-16-6-2-1-4-13(16)17/h1-9,12H,10-11H2. The lowest BCUT2D eigenvalue weighted by atomic mass is 10.2. The third kappa shape index (κ3) is 3.13. The molecule has 0 amide bonds. The largest absolute Gasteiger partial charge is 0.489 e. The van der Waals surface area contributed by atoms with Gasteiger partial charge in [0.15, 0.2) is 0 Å². The summed E-state index contributed by atoms with van der Waals surface area (Å²) in [7, 11) is 0. The maximum Gasteiger partial charge on any atom is 0.342 e. The summed E-state index contributed by atoms with van der Waals surface area (Å²) in [5.41, 5.74) is 1.95. The zero-order valence-corrected chi connectivity index (χ0v) is 15.2. The van der Waals surface area contributed by atoms with Crippen molar-refractivity contribution in [2.24, 2.45) is 0 Å². The Morgan fingerprint density at radius 3 is 2.92 bits per heavy atom. The fourth-order valence-corrected chi connectivity index (χ4v) is 3.26. The fourth-order valence-electron chi connectivity index (χ4n) is 2.71. The molecule has 0 aliphatic heterocycles. The molecule has 26 heavy (non-hydrogen) atoms. The van der Waals surface area contributed by atoms with Crippen molar-refractivity contribution in [2.75, 3.05) is 13.2 Å². The van der Waals surface area contributed by atoms with Crippen LogP contribution >= 0.6 is 15.9 Å². The van der Waals surface area contributed by atoms with Gasteiger partial charge in [0.1, 0.15) is 24.5 Å². The van der Waals surface area contributed by atoms with E-state index in [0.29, 0.717) is 16.8 Å². The van der Waals surface area contributed by atoms with E-state index < -0.39 is 5.97 Å². The number of ether oxygens (including phenoxy) is 2. The molecule has 0 saturated carbocycles. The zero-order valence-electron chi connectivity index (χ0n) is 13.6. The van der Waals surface area contributed by atoms with Gasteiger partial charge in [-0.1, -0.05) is 12.1 Å². The van der Waals surface area contributed by atoms with Crippen LogP contribution in [0.4, 0.5) is 0 Å². The second-order valence-electron chi connectivity index (χ2n) is 5.52. The van der Waals surface area contributed by atoms with E-state index >= 15 is 0 Å². The van der Waals surface area contributed by atoms with Crippen molar-refractivity contribution < 1.29 is 14.3 Å². The predicted octanol–water partition coefficient (Wildman–Crippen LogP) is 3.88. The molecule has 0 atom stereocenters. The summed E-state index contributed by atoms with van der Waals surface area (Å²) in [5, 5.41) is 5.08. The van der Waals surface area contributed by atoms with Crippen molar-refractivity contribution in [3.63, 3.8) is 0 Å². The highest BCUT2D eigenvalue weighted by Crippen LogP contribution is 2.24. The number of pyridine rings is 2. The number of benzene rings is 1. The van der Waals surface area contributed by atoms with Gasteiger partial charge in [-0.25, -0.2) is 9.31 Å². The molecule has 0 fully saturated rings. The number of aromatic nitrogens is 3. The van der Waals surface area contributed by atoms with E-state index in [1.165, 1.54) is 6.20 Å². The Morgan fingerprint density at radius 1 is 1.12 bits per heavy atom. The van der Waals surface area contributed by atoms with Gasteiger partial charge in [0.05, 0.1) is 17.2 Å². The third-order valence-electron chi connectivity index (χ3n) is 3.89. The number of esters is 1. The summed E-state index contributed by atoms with van der Waals surface area (Å²) >= 11 is 3.43. The topological polar surface area (TPSA) is 65.7 Å². The van der Waals surface area contributed by atoms with Crippen LogP contribution in [0.1, 0.15) is 10.4 Å². The second kappa shape index (κ2) is 7.13. The van der Waals surface area contributed by atoms with Crippen LogP contribution in [0.5, 0.6) is 5.75 Å². The number of fused-ring (bicyclic) bond motifs is 2. The fraction of sp³-hybridized carbons (Fsp3) is 0.105. The molecule has 0 aliphatic rings. The molecule has 4 rings (SSSR count). The molecular weight excluding hydrogens is 398 g/mol. The minimum Gasteiger partial charge on any atom is -0.489 e. The predicted molar refractivity (Wildman–Crippen MR) is 100 cm³/mol. The Morgan fingerprint density at radius 2 is 2.00 bits per heavy atom. The van der Waals surface area contributed by atoms with Crippen LogP contribution in [0, 0.1) is 0 Å². The molecule has 0 radical (unpaired) electrons. The van der Waals surface area contributed by atoms with E-state index in [9.17, 15) is 4.79 Å². The van der Waals surface area contributed by atoms with Gasteiger partial charge in [-0.05, 0) is 46.3 Å². The van der Waals surface area contributed by atoms with E-state index in [4.69, 9.17) is 9.47 Å². The number of carbonyl (C=O) groups is 1. The second-order valence-corrected chi connectivity index (χ2v) is 6.37. The first-order valence-electron chi connectivity index (χ1n) is 7.99. The lowest BCUT2D eigenvalue weighted by Crippen LogP contribution is -2.12. The van der Waals surface area contributed by atoms with Gasteiger partial charge in [0.2, 0.25) is 0 Å². The number of para-hydroxylation sites is 1. The first-order chi connectivity index (χ1) is 12.7. The first-order valence-corrected chi connectivity index (χ1v) is 8.79. The molecule has 1 aromatic carbocycles. The Kier molecular flexibility index (Phi) is 4.53. The molecule has 7 heteroatoms. The van der Waals surface area contributed by atoms with Crippen molar-refractivity contribution >= 4 is 38.3 Å². The molecule has 6 nitrogen and oxygen atoms in total. The average Bonchev–Trinajstić information content (AvgIpc) is 3.11. The average molecular weight is 412 g/mol. The van der Waals surface area contributed by atoms with Crippen molar-refractivity contribution in [1.29, 1.82) is 0 Å². The van der Waals surface area contributed by atoms with Crippen LogP contribution in [0.25, 0.3) is 16.4 Å². The van der Waals surface area contributed by atoms with Crippen molar-refractivity contribution in [1.82, 2.24) is 14.6 Å². The molecule has 0 unspecified atom stereocenters. The van der Waals surface area contributed by atoms with Crippen molar-refractivity contribution in [3.8, 4) is 5.75 Å². The molecule has 4 aromatic rings. The Hall–Kier alpha value is -2.93. The highest BCUT2D eigenvalue weighted by Gasteiger charge is 2.16. The summed E-state index contributed by atoms with van der Waals surface area (Å²) in [4.78, 5) is 16.6. The van der Waals surface area contributed by atoms with Crippen LogP contribution < -0.4 is 4.74 Å². The number of halogens is 1. The molecule has 3 heterocycles. The highest BCUT2D eigenvalue weighted by atomic mass is 79.9. The Labute approximate surface area is 157 Å². The third-order valence-corrected chi connectivity index (χ3v) is 4.53. The van der Waals surface area contributed by atoms with E-state index in [-0.39, 0.29) is 13.2 Å². The number of nitrogens with zero attached hydrogens (tertiary/aromatic N) is 3. The normalized spacial score (nSPS) is 11.0. The summed E-state index contributed by atoms with van der Waals surface area (Å²) in [6, 6.07) is 13.2. The van der Waals surface area contributed by atoms with Crippen molar-refractivity contribution in [3.05, 3.63) is 71.1 Å². The van der Waals surface area contributed by atoms with E-state index in [0.717, 1.165) is 15.4 Å². The van der Waals surface area contributed by atoms with Gasteiger partial charge in [-0.15, -0.1) is 0 Å². The van der Waals surface area contributed by atoms with Gasteiger partial charge in [0, 0.05) is 22.3 Å². The smallest absolute Gasteiger partial charge is 0.342 e. The molecule has 0 aliphatic carbocycles. The van der Waals surface area contributed by atoms with Crippen molar-refractivity contribution in [2.45, 2.75) is 0 Å². The zero-order chi connectivity index (χ0) is 17.9. The van der Waals surface area contributed by atoms with Gasteiger partial charge in [-0.3, -0.25) is 4.98 Å². The maximum absolute atomic E-state index is 12.3. The number of hydrogen-bond donors (Lipinski definition) is 0. The number of hydrogen-bond acceptors (Lipinski definition) is 5. The molecule has 3 aromatic heterocycles. The summed E-state index contributed by atoms with van der Waals surface area (Å²) in [5.74, 6) is 0.278. The number of carbonyl (C=O) groups excluding carboxylic acids is 1. The van der Waals surface area contributed by atoms with Gasteiger partial charge in [0.25, 0.3) is 0 Å². The van der Waals surface area contributed by atoms with Gasteiger partial charge in [-0.2, -0.15) is 5.10 Å². The molecule has 0 saturated heterocycles. The SMILES string of the molecule is O=C(OCCOc1ccnc2ccccc12)c1cnn2cccc(Br)c12. The number of rotatable bonds is 5. The van der Waals surface area contributed by atoms with Crippen LogP contribution in [0.15, 0.2) is 65.5 Å².